The summed E-state index contributed by atoms with van der Waals surface area (Å²) < 4.78 is 41.1. The molecule has 0 fully saturated rings. The van der Waals surface area contributed by atoms with Crippen molar-refractivity contribution in [3.05, 3.63) is 29.6 Å². The number of aliphatic hydroxyl groups is 1. The second-order valence-corrected chi connectivity index (χ2v) is 4.20. The molecule has 7 heteroatoms. The fourth-order valence-electron chi connectivity index (χ4n) is 1.31. The van der Waals surface area contributed by atoms with E-state index < -0.39 is 29.8 Å². The molecular formula is C11H15ClF3NO2. The Labute approximate surface area is 109 Å². The molecule has 104 valence electrons. The van der Waals surface area contributed by atoms with Crippen molar-refractivity contribution in [3.63, 3.8) is 0 Å². The average molecular weight is 286 g/mol. The van der Waals surface area contributed by atoms with E-state index in [0.29, 0.717) is 5.56 Å². The third-order valence-electron chi connectivity index (χ3n) is 2.29. The van der Waals surface area contributed by atoms with Gasteiger partial charge in [0.2, 0.25) is 0 Å². The molecule has 0 aliphatic heterocycles. The molecule has 0 amide bonds. The molecule has 1 atom stereocenters. The van der Waals surface area contributed by atoms with E-state index in [1.807, 2.05) is 0 Å². The second-order valence-electron chi connectivity index (χ2n) is 4.20. The van der Waals surface area contributed by atoms with Crippen LogP contribution in [0.3, 0.4) is 0 Å². The lowest BCUT2D eigenvalue weighted by Crippen LogP contribution is -2.35. The number of nitrogens with two attached hydrogens (primary N) is 1. The van der Waals surface area contributed by atoms with Crippen molar-refractivity contribution in [1.82, 2.24) is 0 Å². The molecule has 0 spiro atoms. The Balaban J connectivity index is 0.00000289. The number of hydrogen-bond acceptors (Lipinski definition) is 3. The largest absolute Gasteiger partial charge is 0.432 e. The van der Waals surface area contributed by atoms with Gasteiger partial charge in [-0.05, 0) is 31.5 Å². The van der Waals surface area contributed by atoms with Crippen molar-refractivity contribution in [2.24, 2.45) is 5.73 Å². The highest BCUT2D eigenvalue weighted by Crippen LogP contribution is 2.27. The quantitative estimate of drug-likeness (QED) is 0.894. The maximum absolute atomic E-state index is 13.4. The van der Waals surface area contributed by atoms with Gasteiger partial charge in [0.25, 0.3) is 0 Å². The maximum Gasteiger partial charge on any atom is 0.387 e. The minimum absolute atomic E-state index is 0. The van der Waals surface area contributed by atoms with Crippen LogP contribution < -0.4 is 10.5 Å². The van der Waals surface area contributed by atoms with Crippen molar-refractivity contribution in [1.29, 1.82) is 0 Å². The normalized spacial score (nSPS) is 13.1. The van der Waals surface area contributed by atoms with E-state index >= 15 is 0 Å². The van der Waals surface area contributed by atoms with Gasteiger partial charge in [0, 0.05) is 0 Å². The van der Waals surface area contributed by atoms with Gasteiger partial charge in [0.15, 0.2) is 11.6 Å². The molecule has 0 heterocycles. The minimum atomic E-state index is -3.08. The summed E-state index contributed by atoms with van der Waals surface area (Å²) in [6.45, 7) is -0.142. The van der Waals surface area contributed by atoms with E-state index in [9.17, 15) is 18.3 Å². The first-order chi connectivity index (χ1) is 7.71. The Morgan fingerprint density at radius 2 is 1.89 bits per heavy atom. The van der Waals surface area contributed by atoms with Gasteiger partial charge in [-0.15, -0.1) is 12.4 Å². The molecule has 1 aromatic carbocycles. The van der Waals surface area contributed by atoms with Gasteiger partial charge in [-0.2, -0.15) is 8.78 Å². The predicted octanol–water partition coefficient (Wildman–Crippen LogP) is 2.62. The number of ether oxygens (including phenoxy) is 1. The van der Waals surface area contributed by atoms with Crippen LogP contribution in [0.2, 0.25) is 0 Å². The van der Waals surface area contributed by atoms with Crippen molar-refractivity contribution < 1.29 is 23.0 Å². The molecule has 1 aromatic rings. The zero-order valence-corrected chi connectivity index (χ0v) is 10.7. The van der Waals surface area contributed by atoms with Crippen LogP contribution in [0, 0.1) is 5.82 Å². The van der Waals surface area contributed by atoms with Crippen molar-refractivity contribution in [3.8, 4) is 5.75 Å². The first kappa shape index (κ1) is 17.0. The third-order valence-corrected chi connectivity index (χ3v) is 2.29. The molecule has 18 heavy (non-hydrogen) atoms. The molecule has 3 N–H and O–H groups in total. The predicted molar refractivity (Wildman–Crippen MR) is 63.5 cm³/mol. The first-order valence-corrected chi connectivity index (χ1v) is 4.94. The molecule has 0 bridgehead atoms. The molecule has 0 radical (unpaired) electrons. The topological polar surface area (TPSA) is 55.5 Å². The van der Waals surface area contributed by atoms with E-state index in [1.54, 1.807) is 0 Å². The summed E-state index contributed by atoms with van der Waals surface area (Å²) in [6, 6.07) is 2.55. The Morgan fingerprint density at radius 3 is 2.28 bits per heavy atom. The summed E-state index contributed by atoms with van der Waals surface area (Å²) in [5.74, 6) is -1.49. The van der Waals surface area contributed by atoms with Crippen LogP contribution in [-0.2, 0) is 0 Å². The second kappa shape index (κ2) is 6.26. The van der Waals surface area contributed by atoms with Gasteiger partial charge in [-0.3, -0.25) is 0 Å². The Bertz CT molecular complexity index is 396. The summed E-state index contributed by atoms with van der Waals surface area (Å²) >= 11 is 0. The molecule has 0 aromatic heterocycles. The van der Waals surface area contributed by atoms with Crippen LogP contribution in [0.5, 0.6) is 5.75 Å². The Hall–Kier alpha value is -0.980. The van der Waals surface area contributed by atoms with Crippen LogP contribution >= 0.6 is 12.4 Å². The van der Waals surface area contributed by atoms with Gasteiger partial charge in [-0.25, -0.2) is 4.39 Å². The van der Waals surface area contributed by atoms with E-state index in [4.69, 9.17) is 5.73 Å². The number of rotatable bonds is 4. The van der Waals surface area contributed by atoms with E-state index in [1.165, 1.54) is 19.9 Å². The van der Waals surface area contributed by atoms with Crippen LogP contribution in [0.15, 0.2) is 18.2 Å². The summed E-state index contributed by atoms with van der Waals surface area (Å²) in [4.78, 5) is 0. The molecule has 0 aliphatic rings. The van der Waals surface area contributed by atoms with Crippen molar-refractivity contribution >= 4 is 12.4 Å². The molecule has 3 nitrogen and oxygen atoms in total. The molecular weight excluding hydrogens is 271 g/mol. The number of alkyl halides is 2. The standard InChI is InChI=1S/C11H14F3NO2.ClH/c1-11(2,16)9(15)6-3-4-8(7(12)5-6)17-10(13)14;/h3-5,9-10,16H,15H2,1-2H3;1H. The lowest BCUT2D eigenvalue weighted by molar-refractivity contribution is -0.0522. The fourth-order valence-corrected chi connectivity index (χ4v) is 1.31. The van der Waals surface area contributed by atoms with E-state index in [-0.39, 0.29) is 12.4 Å². The van der Waals surface area contributed by atoms with Gasteiger partial charge in [0.05, 0.1) is 11.6 Å². The first-order valence-electron chi connectivity index (χ1n) is 4.94. The van der Waals surface area contributed by atoms with Gasteiger partial charge in [0.1, 0.15) is 0 Å². The van der Waals surface area contributed by atoms with Gasteiger partial charge >= 0.3 is 6.61 Å². The van der Waals surface area contributed by atoms with Gasteiger partial charge in [-0.1, -0.05) is 6.07 Å². The molecule has 0 saturated heterocycles. The average Bonchev–Trinajstić information content (AvgIpc) is 2.18. The van der Waals surface area contributed by atoms with Crippen LogP contribution in [-0.4, -0.2) is 17.3 Å². The molecule has 0 saturated carbocycles. The summed E-state index contributed by atoms with van der Waals surface area (Å²) in [5.41, 5.74) is 4.75. The zero-order chi connectivity index (χ0) is 13.2. The Kier molecular flexibility index (Phi) is 5.92. The lowest BCUT2D eigenvalue weighted by atomic mass is 9.93. The minimum Gasteiger partial charge on any atom is -0.432 e. The third kappa shape index (κ3) is 4.36. The highest BCUT2D eigenvalue weighted by molar-refractivity contribution is 5.85. The number of hydrogen-bond donors (Lipinski definition) is 2. The molecule has 0 aliphatic carbocycles. The zero-order valence-electron chi connectivity index (χ0n) is 9.86. The highest BCUT2D eigenvalue weighted by Gasteiger charge is 2.25. The summed E-state index contributed by atoms with van der Waals surface area (Å²) in [5, 5.41) is 9.65. The van der Waals surface area contributed by atoms with Gasteiger partial charge < -0.3 is 15.6 Å². The van der Waals surface area contributed by atoms with Crippen molar-refractivity contribution in [2.45, 2.75) is 32.1 Å². The van der Waals surface area contributed by atoms with Crippen molar-refractivity contribution in [2.75, 3.05) is 0 Å². The van der Waals surface area contributed by atoms with Crippen LogP contribution in [0.25, 0.3) is 0 Å². The number of halogens is 4. The summed E-state index contributed by atoms with van der Waals surface area (Å²) in [6.07, 6.45) is 0. The molecule has 1 unspecified atom stereocenters. The highest BCUT2D eigenvalue weighted by atomic mass is 35.5. The summed E-state index contributed by atoms with van der Waals surface area (Å²) in [7, 11) is 0. The maximum atomic E-state index is 13.4. The molecule has 1 rings (SSSR count). The lowest BCUT2D eigenvalue weighted by Gasteiger charge is -2.26. The number of benzene rings is 1. The van der Waals surface area contributed by atoms with E-state index in [2.05, 4.69) is 4.74 Å². The Morgan fingerprint density at radius 1 is 1.33 bits per heavy atom. The SMILES string of the molecule is CC(C)(O)C(N)c1ccc(OC(F)F)c(F)c1.Cl. The van der Waals surface area contributed by atoms with Crippen LogP contribution in [0.1, 0.15) is 25.5 Å². The fraction of sp³-hybridized carbons (Fsp3) is 0.455. The smallest absolute Gasteiger partial charge is 0.387 e. The van der Waals surface area contributed by atoms with Crippen LogP contribution in [0.4, 0.5) is 13.2 Å². The monoisotopic (exact) mass is 285 g/mol. The van der Waals surface area contributed by atoms with E-state index in [0.717, 1.165) is 12.1 Å².